The standard InChI is InChI=1S/C20H33N5O8/c1-10(2)8-11(21)17(29)24-13(9-15(22)26)19(31)25-7-3-4-14(25)18(30)23-12(20(32)33)5-6-16(27)28/h10-14H,3-9,21H2,1-2H3,(H2,22,26)(H,23,30)(H,24,29)(H,27,28)(H,32,33). The molecule has 4 atom stereocenters. The van der Waals surface area contributed by atoms with E-state index in [0.29, 0.717) is 12.8 Å². The van der Waals surface area contributed by atoms with Crippen LogP contribution >= 0.6 is 0 Å². The molecule has 1 saturated heterocycles. The predicted octanol–water partition coefficient (Wildman–Crippen LogP) is -1.85. The Hall–Kier alpha value is -3.22. The van der Waals surface area contributed by atoms with Crippen molar-refractivity contribution in [3.05, 3.63) is 0 Å². The van der Waals surface area contributed by atoms with Crippen molar-refractivity contribution < 1.29 is 39.0 Å². The van der Waals surface area contributed by atoms with Gasteiger partial charge in [0, 0.05) is 13.0 Å². The molecule has 186 valence electrons. The van der Waals surface area contributed by atoms with Crippen LogP contribution in [0.25, 0.3) is 0 Å². The third kappa shape index (κ3) is 9.04. The number of rotatable bonds is 13. The fourth-order valence-electron chi connectivity index (χ4n) is 3.59. The Balaban J connectivity index is 2.94. The van der Waals surface area contributed by atoms with E-state index in [0.717, 1.165) is 4.90 Å². The lowest BCUT2D eigenvalue weighted by atomic mass is 10.0. The maximum absolute atomic E-state index is 13.1. The van der Waals surface area contributed by atoms with E-state index in [1.165, 1.54) is 0 Å². The molecule has 1 aliphatic heterocycles. The Morgan fingerprint density at radius 2 is 1.70 bits per heavy atom. The number of carboxylic acid groups (broad SMARTS) is 2. The first-order valence-corrected chi connectivity index (χ1v) is 10.7. The first kappa shape index (κ1) is 27.8. The molecule has 0 bridgehead atoms. The summed E-state index contributed by atoms with van der Waals surface area (Å²) in [4.78, 5) is 73.0. The molecule has 33 heavy (non-hydrogen) atoms. The molecule has 1 rings (SSSR count). The average molecular weight is 472 g/mol. The summed E-state index contributed by atoms with van der Waals surface area (Å²) in [5.41, 5.74) is 11.1. The van der Waals surface area contributed by atoms with Gasteiger partial charge in [0.05, 0.1) is 12.5 Å². The molecule has 0 radical (unpaired) electrons. The van der Waals surface area contributed by atoms with Gasteiger partial charge in [-0.25, -0.2) is 4.79 Å². The molecule has 0 aromatic heterocycles. The second-order valence-electron chi connectivity index (χ2n) is 8.49. The Kier molecular flexibility index (Phi) is 10.7. The third-order valence-electron chi connectivity index (χ3n) is 5.18. The average Bonchev–Trinajstić information content (AvgIpc) is 3.18. The van der Waals surface area contributed by atoms with E-state index in [1.807, 2.05) is 13.8 Å². The minimum atomic E-state index is -1.44. The number of amides is 4. The van der Waals surface area contributed by atoms with Crippen LogP contribution in [0.2, 0.25) is 0 Å². The zero-order valence-electron chi connectivity index (χ0n) is 18.8. The molecule has 4 amide bonds. The lowest BCUT2D eigenvalue weighted by Gasteiger charge is -2.29. The van der Waals surface area contributed by atoms with E-state index in [9.17, 15) is 33.9 Å². The van der Waals surface area contributed by atoms with Crippen molar-refractivity contribution in [2.75, 3.05) is 6.54 Å². The van der Waals surface area contributed by atoms with Crippen molar-refractivity contribution in [1.29, 1.82) is 0 Å². The summed E-state index contributed by atoms with van der Waals surface area (Å²) in [5, 5.41) is 22.7. The second kappa shape index (κ2) is 12.7. The van der Waals surface area contributed by atoms with E-state index >= 15 is 0 Å². The van der Waals surface area contributed by atoms with Gasteiger partial charge in [-0.2, -0.15) is 0 Å². The number of hydrogen-bond donors (Lipinski definition) is 6. The number of aliphatic carboxylic acids is 2. The summed E-state index contributed by atoms with van der Waals surface area (Å²) in [7, 11) is 0. The Morgan fingerprint density at radius 1 is 1.06 bits per heavy atom. The fraction of sp³-hybridized carbons (Fsp3) is 0.700. The summed E-state index contributed by atoms with van der Waals surface area (Å²) < 4.78 is 0. The lowest BCUT2D eigenvalue weighted by molar-refractivity contribution is -0.146. The van der Waals surface area contributed by atoms with Crippen LogP contribution in [-0.2, 0) is 28.8 Å². The molecular formula is C20H33N5O8. The summed E-state index contributed by atoms with van der Waals surface area (Å²) in [6, 6.07) is -4.72. The number of hydrogen-bond acceptors (Lipinski definition) is 7. The van der Waals surface area contributed by atoms with Crippen molar-refractivity contribution in [3.63, 3.8) is 0 Å². The van der Waals surface area contributed by atoms with E-state index in [1.54, 1.807) is 0 Å². The van der Waals surface area contributed by atoms with Gasteiger partial charge in [-0.05, 0) is 31.6 Å². The molecule has 1 heterocycles. The monoisotopic (exact) mass is 471 g/mol. The first-order chi connectivity index (χ1) is 15.3. The maximum atomic E-state index is 13.1. The molecule has 0 aromatic rings. The third-order valence-corrected chi connectivity index (χ3v) is 5.18. The van der Waals surface area contributed by atoms with Crippen molar-refractivity contribution in [3.8, 4) is 0 Å². The van der Waals surface area contributed by atoms with Crippen molar-refractivity contribution >= 4 is 35.6 Å². The van der Waals surface area contributed by atoms with Gasteiger partial charge in [0.15, 0.2) is 0 Å². The molecule has 0 aromatic carbocycles. The summed E-state index contributed by atoms with van der Waals surface area (Å²) >= 11 is 0. The van der Waals surface area contributed by atoms with E-state index in [2.05, 4.69) is 10.6 Å². The molecule has 1 fully saturated rings. The molecular weight excluding hydrogens is 438 g/mol. The lowest BCUT2D eigenvalue weighted by Crippen LogP contribution is -2.57. The summed E-state index contributed by atoms with van der Waals surface area (Å²) in [6.45, 7) is 3.88. The predicted molar refractivity (Wildman–Crippen MR) is 114 cm³/mol. The SMILES string of the molecule is CC(C)CC(N)C(=O)NC(CC(N)=O)C(=O)N1CCCC1C(=O)NC(CCC(=O)O)C(=O)O. The highest BCUT2D eigenvalue weighted by atomic mass is 16.4. The molecule has 13 heteroatoms. The second-order valence-corrected chi connectivity index (χ2v) is 8.49. The number of nitrogens with zero attached hydrogens (tertiary/aromatic N) is 1. The topological polar surface area (TPSA) is 222 Å². The van der Waals surface area contributed by atoms with Crippen LogP contribution < -0.4 is 22.1 Å². The van der Waals surface area contributed by atoms with Crippen LogP contribution in [0, 0.1) is 5.92 Å². The van der Waals surface area contributed by atoms with Gasteiger partial charge in [0.2, 0.25) is 23.6 Å². The zero-order chi connectivity index (χ0) is 25.3. The van der Waals surface area contributed by atoms with Gasteiger partial charge in [0.25, 0.3) is 0 Å². The van der Waals surface area contributed by atoms with Crippen LogP contribution in [-0.4, -0.2) is 81.4 Å². The number of nitrogens with two attached hydrogens (primary N) is 2. The van der Waals surface area contributed by atoms with E-state index in [-0.39, 0.29) is 25.3 Å². The number of likely N-dealkylation sites (tertiary alicyclic amines) is 1. The molecule has 4 unspecified atom stereocenters. The number of carbonyl (C=O) groups is 6. The fourth-order valence-corrected chi connectivity index (χ4v) is 3.59. The molecule has 13 nitrogen and oxygen atoms in total. The van der Waals surface area contributed by atoms with E-state index in [4.69, 9.17) is 16.6 Å². The van der Waals surface area contributed by atoms with Gasteiger partial charge < -0.3 is 37.2 Å². The molecule has 1 aliphatic rings. The van der Waals surface area contributed by atoms with Gasteiger partial charge in [-0.15, -0.1) is 0 Å². The molecule has 0 saturated carbocycles. The maximum Gasteiger partial charge on any atom is 0.326 e. The highest BCUT2D eigenvalue weighted by molar-refractivity contribution is 5.96. The summed E-state index contributed by atoms with van der Waals surface area (Å²) in [6.07, 6.45) is -0.280. The van der Waals surface area contributed by atoms with Gasteiger partial charge in [0.1, 0.15) is 18.1 Å². The van der Waals surface area contributed by atoms with Crippen LogP contribution in [0.3, 0.4) is 0 Å². The quantitative estimate of drug-likeness (QED) is 0.177. The minimum Gasteiger partial charge on any atom is -0.481 e. The number of nitrogens with one attached hydrogen (secondary N) is 2. The normalized spacial score (nSPS) is 18.3. The number of carboxylic acids is 2. The van der Waals surface area contributed by atoms with Crippen molar-refractivity contribution in [2.45, 2.75) is 76.5 Å². The zero-order valence-corrected chi connectivity index (χ0v) is 18.8. The number of carbonyl (C=O) groups excluding carboxylic acids is 4. The van der Waals surface area contributed by atoms with Crippen LogP contribution in [0.15, 0.2) is 0 Å². The largest absolute Gasteiger partial charge is 0.481 e. The van der Waals surface area contributed by atoms with Crippen LogP contribution in [0.4, 0.5) is 0 Å². The van der Waals surface area contributed by atoms with Crippen molar-refractivity contribution in [2.24, 2.45) is 17.4 Å². The van der Waals surface area contributed by atoms with Crippen LogP contribution in [0.5, 0.6) is 0 Å². The first-order valence-electron chi connectivity index (χ1n) is 10.7. The van der Waals surface area contributed by atoms with E-state index < -0.39 is 72.6 Å². The van der Waals surface area contributed by atoms with Gasteiger partial charge in [-0.1, -0.05) is 13.8 Å². The Morgan fingerprint density at radius 3 is 2.21 bits per heavy atom. The van der Waals surface area contributed by atoms with Crippen LogP contribution in [0.1, 0.15) is 52.4 Å². The Bertz CT molecular complexity index is 772. The number of primary amides is 1. The van der Waals surface area contributed by atoms with Crippen molar-refractivity contribution in [1.82, 2.24) is 15.5 Å². The molecule has 0 aliphatic carbocycles. The highest BCUT2D eigenvalue weighted by Gasteiger charge is 2.39. The Labute approximate surface area is 191 Å². The molecule has 8 N–H and O–H groups in total. The molecule has 0 spiro atoms. The highest BCUT2D eigenvalue weighted by Crippen LogP contribution is 2.20. The summed E-state index contributed by atoms with van der Waals surface area (Å²) in [5.74, 6) is -5.46. The minimum absolute atomic E-state index is 0.117. The smallest absolute Gasteiger partial charge is 0.326 e. The van der Waals surface area contributed by atoms with Gasteiger partial charge in [-0.3, -0.25) is 24.0 Å². The van der Waals surface area contributed by atoms with Gasteiger partial charge >= 0.3 is 11.9 Å².